The van der Waals surface area contributed by atoms with Gasteiger partial charge in [0, 0.05) is 18.1 Å². The third-order valence-corrected chi connectivity index (χ3v) is 6.86. The summed E-state index contributed by atoms with van der Waals surface area (Å²) in [7, 11) is -2.09. The van der Waals surface area contributed by atoms with Gasteiger partial charge in [0.25, 0.3) is 10.0 Å². The van der Waals surface area contributed by atoms with Gasteiger partial charge in [0.2, 0.25) is 0 Å². The van der Waals surface area contributed by atoms with Gasteiger partial charge in [0.1, 0.15) is 15.2 Å². The first-order chi connectivity index (χ1) is 9.86. The number of halogens is 1. The zero-order valence-electron chi connectivity index (χ0n) is 11.4. The molecule has 0 radical (unpaired) electrons. The van der Waals surface area contributed by atoms with Crippen LogP contribution in [0.15, 0.2) is 40.6 Å². The lowest BCUT2D eigenvalue weighted by atomic mass is 10.1. The minimum atomic E-state index is -3.62. The first kappa shape index (κ1) is 16.0. The quantitative estimate of drug-likeness (QED) is 0.853. The van der Waals surface area contributed by atoms with Gasteiger partial charge in [0.05, 0.1) is 0 Å². The van der Waals surface area contributed by atoms with Gasteiger partial charge in [-0.25, -0.2) is 8.42 Å². The zero-order chi connectivity index (χ0) is 15.6. The van der Waals surface area contributed by atoms with E-state index in [0.717, 1.165) is 16.9 Å². The monoisotopic (exact) mass is 340 g/mol. The van der Waals surface area contributed by atoms with Crippen molar-refractivity contribution >= 4 is 33.0 Å². The molecule has 0 saturated carbocycles. The van der Waals surface area contributed by atoms with E-state index < -0.39 is 10.0 Å². The lowest BCUT2D eigenvalue weighted by Gasteiger charge is -2.24. The summed E-state index contributed by atoms with van der Waals surface area (Å²) in [5.41, 5.74) is 0.850. The molecule has 0 fully saturated rings. The largest absolute Gasteiger partial charge is 0.252 e. The van der Waals surface area contributed by atoms with Crippen LogP contribution in [-0.2, 0) is 10.0 Å². The molecular weight excluding hydrogens is 328 g/mol. The Morgan fingerprint density at radius 3 is 2.38 bits per heavy atom. The van der Waals surface area contributed by atoms with Crippen molar-refractivity contribution in [2.45, 2.75) is 17.2 Å². The second kappa shape index (κ2) is 6.16. The predicted molar refractivity (Wildman–Crippen MR) is 83.8 cm³/mol. The molecule has 0 bridgehead atoms. The van der Waals surface area contributed by atoms with Crippen LogP contribution in [0.2, 0.25) is 5.02 Å². The van der Waals surface area contributed by atoms with E-state index in [0.29, 0.717) is 9.90 Å². The number of thiophene rings is 1. The van der Waals surface area contributed by atoms with E-state index in [1.165, 1.54) is 23.5 Å². The van der Waals surface area contributed by atoms with Crippen LogP contribution in [0.1, 0.15) is 23.4 Å². The highest BCUT2D eigenvalue weighted by Gasteiger charge is 2.27. The fraction of sp³-hybridized carbons (Fsp3) is 0.214. The first-order valence-electron chi connectivity index (χ1n) is 6.09. The number of hydrogen-bond donors (Lipinski definition) is 0. The maximum atomic E-state index is 12.5. The highest BCUT2D eigenvalue weighted by molar-refractivity contribution is 7.91. The van der Waals surface area contributed by atoms with Gasteiger partial charge in [-0.05, 0) is 36.8 Å². The zero-order valence-corrected chi connectivity index (χ0v) is 13.8. The highest BCUT2D eigenvalue weighted by atomic mass is 35.5. The fourth-order valence-corrected chi connectivity index (χ4v) is 4.59. The van der Waals surface area contributed by atoms with Gasteiger partial charge in [-0.1, -0.05) is 23.7 Å². The molecule has 1 aromatic carbocycles. The summed E-state index contributed by atoms with van der Waals surface area (Å²) >= 11 is 6.81. The summed E-state index contributed by atoms with van der Waals surface area (Å²) in [5, 5.41) is 9.41. The number of sulfonamides is 1. The summed E-state index contributed by atoms with van der Waals surface area (Å²) in [6.07, 6.45) is 0. The molecule has 1 heterocycles. The maximum absolute atomic E-state index is 12.5. The van der Waals surface area contributed by atoms with Crippen LogP contribution in [-0.4, -0.2) is 19.8 Å². The van der Waals surface area contributed by atoms with E-state index in [1.807, 2.05) is 6.07 Å². The summed E-state index contributed by atoms with van der Waals surface area (Å²) in [6, 6.07) is 11.6. The van der Waals surface area contributed by atoms with Gasteiger partial charge >= 0.3 is 0 Å². The second-order valence-corrected chi connectivity index (χ2v) is 8.22. The van der Waals surface area contributed by atoms with Gasteiger partial charge in [-0.3, -0.25) is 0 Å². The Labute approximate surface area is 133 Å². The number of nitriles is 1. The van der Waals surface area contributed by atoms with E-state index in [1.54, 1.807) is 31.2 Å². The molecule has 0 spiro atoms. The molecule has 0 aliphatic rings. The molecule has 0 N–H and O–H groups in total. The average Bonchev–Trinajstić information content (AvgIpc) is 2.96. The van der Waals surface area contributed by atoms with Crippen molar-refractivity contribution in [1.82, 2.24) is 4.31 Å². The predicted octanol–water partition coefficient (Wildman–Crippen LogP) is 3.65. The Bertz CT molecular complexity index is 776. The van der Waals surface area contributed by atoms with Gasteiger partial charge < -0.3 is 0 Å². The Morgan fingerprint density at radius 1 is 1.24 bits per heavy atom. The summed E-state index contributed by atoms with van der Waals surface area (Å²) in [5.74, 6) is 0. The van der Waals surface area contributed by atoms with Crippen molar-refractivity contribution < 1.29 is 8.42 Å². The lowest BCUT2D eigenvalue weighted by molar-refractivity contribution is 0.399. The van der Waals surface area contributed by atoms with E-state index in [-0.39, 0.29) is 10.3 Å². The molecular formula is C14H13ClN2O2S2. The summed E-state index contributed by atoms with van der Waals surface area (Å²) < 4.78 is 26.6. The lowest BCUT2D eigenvalue weighted by Crippen LogP contribution is -2.29. The van der Waals surface area contributed by atoms with Crippen LogP contribution in [0.5, 0.6) is 0 Å². The number of nitrogens with zero attached hydrogens (tertiary/aromatic N) is 2. The standard InChI is InChI=1S/C14H13ClN2O2S2/c1-10(11-3-5-12(15)6-4-11)17(2)21(18,19)14-8-7-13(9-16)20-14/h3-8,10H,1-2H3. The van der Waals surface area contributed by atoms with Crippen molar-refractivity contribution in [1.29, 1.82) is 5.26 Å². The molecule has 1 unspecified atom stereocenters. The van der Waals surface area contributed by atoms with Crippen LogP contribution in [0.4, 0.5) is 0 Å². The first-order valence-corrected chi connectivity index (χ1v) is 8.73. The van der Waals surface area contributed by atoms with Crippen molar-refractivity contribution in [2.24, 2.45) is 0 Å². The van der Waals surface area contributed by atoms with E-state index in [9.17, 15) is 8.42 Å². The van der Waals surface area contributed by atoms with Crippen molar-refractivity contribution in [3.05, 3.63) is 51.9 Å². The highest BCUT2D eigenvalue weighted by Crippen LogP contribution is 2.29. The van der Waals surface area contributed by atoms with Gasteiger partial charge in [-0.15, -0.1) is 11.3 Å². The minimum Gasteiger partial charge on any atom is -0.206 e. The van der Waals surface area contributed by atoms with Crippen LogP contribution < -0.4 is 0 Å². The molecule has 0 aliphatic heterocycles. The molecule has 0 amide bonds. The van der Waals surface area contributed by atoms with Crippen molar-refractivity contribution in [2.75, 3.05) is 7.05 Å². The van der Waals surface area contributed by atoms with E-state index >= 15 is 0 Å². The third kappa shape index (κ3) is 3.27. The molecule has 1 atom stereocenters. The van der Waals surface area contributed by atoms with Crippen LogP contribution >= 0.6 is 22.9 Å². The summed E-state index contributed by atoms with van der Waals surface area (Å²) in [6.45, 7) is 1.81. The Hall–Kier alpha value is -1.39. The normalized spacial score (nSPS) is 13.1. The Kier molecular flexibility index (Phi) is 4.69. The number of rotatable bonds is 4. The average molecular weight is 341 g/mol. The molecule has 7 heteroatoms. The third-order valence-electron chi connectivity index (χ3n) is 3.22. The molecule has 2 rings (SSSR count). The molecule has 1 aromatic heterocycles. The Morgan fingerprint density at radius 2 is 1.86 bits per heavy atom. The molecule has 0 saturated heterocycles. The topological polar surface area (TPSA) is 61.2 Å². The van der Waals surface area contributed by atoms with E-state index in [4.69, 9.17) is 16.9 Å². The molecule has 21 heavy (non-hydrogen) atoms. The molecule has 0 aliphatic carbocycles. The molecule has 110 valence electrons. The van der Waals surface area contributed by atoms with Gasteiger partial charge in [-0.2, -0.15) is 9.57 Å². The molecule has 4 nitrogen and oxygen atoms in total. The number of hydrogen-bond acceptors (Lipinski definition) is 4. The minimum absolute atomic E-state index is 0.169. The van der Waals surface area contributed by atoms with Crippen LogP contribution in [0.3, 0.4) is 0 Å². The van der Waals surface area contributed by atoms with Crippen molar-refractivity contribution in [3.8, 4) is 6.07 Å². The number of benzene rings is 1. The smallest absolute Gasteiger partial charge is 0.206 e. The van der Waals surface area contributed by atoms with E-state index in [2.05, 4.69) is 0 Å². The van der Waals surface area contributed by atoms with Gasteiger partial charge in [0.15, 0.2) is 0 Å². The fourth-order valence-electron chi connectivity index (χ4n) is 1.82. The second-order valence-electron chi connectivity index (χ2n) is 4.48. The van der Waals surface area contributed by atoms with Crippen LogP contribution in [0, 0.1) is 11.3 Å². The Balaban J connectivity index is 2.31. The molecule has 2 aromatic rings. The maximum Gasteiger partial charge on any atom is 0.252 e. The SMILES string of the molecule is CC(c1ccc(Cl)cc1)N(C)S(=O)(=O)c1ccc(C#N)s1. The van der Waals surface area contributed by atoms with Crippen LogP contribution in [0.25, 0.3) is 0 Å². The summed E-state index contributed by atoms with van der Waals surface area (Å²) in [4.78, 5) is 0.376. The van der Waals surface area contributed by atoms with Crippen molar-refractivity contribution in [3.63, 3.8) is 0 Å².